The van der Waals surface area contributed by atoms with Gasteiger partial charge >= 0.3 is 0 Å². The van der Waals surface area contributed by atoms with Gasteiger partial charge in [0.2, 0.25) is 0 Å². The van der Waals surface area contributed by atoms with Crippen molar-refractivity contribution in [3.05, 3.63) is 82.3 Å². The number of nitrogens with zero attached hydrogens (tertiary/aromatic N) is 1. The van der Waals surface area contributed by atoms with E-state index >= 15 is 0 Å². The fourth-order valence-electron chi connectivity index (χ4n) is 2.77. The Morgan fingerprint density at radius 3 is 1.87 bits per heavy atom. The molecule has 0 N–H and O–H groups in total. The van der Waals surface area contributed by atoms with Gasteiger partial charge in [-0.3, -0.25) is 0 Å². The first-order valence-corrected chi connectivity index (χ1v) is 8.05. The van der Waals surface area contributed by atoms with Crippen LogP contribution in [0.5, 0.6) is 11.5 Å². The van der Waals surface area contributed by atoms with Crippen LogP contribution in [0.1, 0.15) is 5.56 Å². The number of benzene rings is 3. The van der Waals surface area contributed by atoms with Crippen LogP contribution in [-0.2, 0) is 6.54 Å². The minimum Gasteiger partial charge on any atom is -0.453 e. The summed E-state index contributed by atoms with van der Waals surface area (Å²) in [4.78, 5) is 2.22. The van der Waals surface area contributed by atoms with Crippen LogP contribution in [0.3, 0.4) is 0 Å². The van der Waals surface area contributed by atoms with Crippen molar-refractivity contribution in [3.8, 4) is 11.5 Å². The Morgan fingerprint density at radius 2 is 1.30 bits per heavy atom. The van der Waals surface area contributed by atoms with Crippen LogP contribution < -0.4 is 9.64 Å². The zero-order valence-corrected chi connectivity index (χ0v) is 13.7. The second-order valence-electron chi connectivity index (χ2n) is 5.40. The summed E-state index contributed by atoms with van der Waals surface area (Å²) in [5.41, 5.74) is 3.21. The molecule has 3 aromatic carbocycles. The lowest BCUT2D eigenvalue weighted by molar-refractivity contribution is 0.473. The topological polar surface area (TPSA) is 12.5 Å². The van der Waals surface area contributed by atoms with E-state index in [-0.39, 0.29) is 0 Å². The molecule has 23 heavy (non-hydrogen) atoms. The Kier molecular flexibility index (Phi) is 3.64. The van der Waals surface area contributed by atoms with E-state index in [0.717, 1.165) is 29.4 Å². The highest BCUT2D eigenvalue weighted by atomic mass is 35.5. The van der Waals surface area contributed by atoms with E-state index in [1.165, 1.54) is 5.56 Å². The molecule has 0 radical (unpaired) electrons. The summed E-state index contributed by atoms with van der Waals surface area (Å²) >= 11 is 12.2. The third kappa shape index (κ3) is 2.76. The molecule has 2 nitrogen and oxygen atoms in total. The molecule has 0 aromatic heterocycles. The van der Waals surface area contributed by atoms with Gasteiger partial charge in [0.1, 0.15) is 0 Å². The van der Waals surface area contributed by atoms with E-state index < -0.39 is 0 Å². The van der Waals surface area contributed by atoms with Gasteiger partial charge in [0.15, 0.2) is 11.5 Å². The zero-order chi connectivity index (χ0) is 15.8. The molecule has 4 heteroatoms. The van der Waals surface area contributed by atoms with Gasteiger partial charge in [-0.05, 0) is 29.8 Å². The summed E-state index contributed by atoms with van der Waals surface area (Å²) < 4.78 is 6.00. The van der Waals surface area contributed by atoms with Gasteiger partial charge in [-0.2, -0.15) is 0 Å². The normalized spacial score (nSPS) is 12.3. The molecule has 0 aliphatic carbocycles. The largest absolute Gasteiger partial charge is 0.453 e. The molecule has 1 aliphatic heterocycles. The monoisotopic (exact) mass is 341 g/mol. The standard InChI is InChI=1S/C19H13Cl2NO/c20-14-6-8-16-18(10-14)23-19-11-15(21)7-9-17(19)22(16)12-13-4-2-1-3-5-13/h1-11H,12H2. The highest BCUT2D eigenvalue weighted by molar-refractivity contribution is 6.31. The van der Waals surface area contributed by atoms with Crippen molar-refractivity contribution in [3.63, 3.8) is 0 Å². The summed E-state index contributed by atoms with van der Waals surface area (Å²) in [6, 6.07) is 21.7. The number of rotatable bonds is 2. The highest BCUT2D eigenvalue weighted by Crippen LogP contribution is 2.48. The molecule has 0 unspecified atom stereocenters. The van der Waals surface area contributed by atoms with Crippen LogP contribution in [0.4, 0.5) is 11.4 Å². The first kappa shape index (κ1) is 14.4. The number of halogens is 2. The lowest BCUT2D eigenvalue weighted by atomic mass is 10.1. The molecule has 4 rings (SSSR count). The second kappa shape index (κ2) is 5.80. The Bertz CT molecular complexity index is 813. The SMILES string of the molecule is Clc1ccc2c(c1)Oc1cc(Cl)ccc1N2Cc1ccccc1. The van der Waals surface area contributed by atoms with Crippen molar-refractivity contribution < 1.29 is 4.74 Å². The van der Waals surface area contributed by atoms with Gasteiger partial charge in [-0.25, -0.2) is 0 Å². The van der Waals surface area contributed by atoms with Crippen LogP contribution in [0.2, 0.25) is 10.0 Å². The van der Waals surface area contributed by atoms with Gasteiger partial charge in [-0.15, -0.1) is 0 Å². The van der Waals surface area contributed by atoms with Crippen molar-refractivity contribution in [1.29, 1.82) is 0 Å². The second-order valence-corrected chi connectivity index (χ2v) is 6.27. The van der Waals surface area contributed by atoms with Crippen LogP contribution in [0.25, 0.3) is 0 Å². The predicted octanol–water partition coefficient (Wildman–Crippen LogP) is 6.44. The van der Waals surface area contributed by atoms with Crippen LogP contribution in [0.15, 0.2) is 66.7 Å². The van der Waals surface area contributed by atoms with Crippen LogP contribution in [0, 0.1) is 0 Å². The van der Waals surface area contributed by atoms with E-state index in [4.69, 9.17) is 27.9 Å². The number of hydrogen-bond acceptors (Lipinski definition) is 2. The first-order chi connectivity index (χ1) is 11.2. The van der Waals surface area contributed by atoms with E-state index in [1.54, 1.807) is 0 Å². The fraction of sp³-hybridized carbons (Fsp3) is 0.0526. The molecular formula is C19H13Cl2NO. The molecule has 1 heterocycles. The quantitative estimate of drug-likeness (QED) is 0.531. The summed E-state index contributed by atoms with van der Waals surface area (Å²) in [6.45, 7) is 0.744. The molecule has 0 amide bonds. The van der Waals surface area contributed by atoms with Gasteiger partial charge in [0.25, 0.3) is 0 Å². The maximum Gasteiger partial charge on any atom is 0.152 e. The van der Waals surface area contributed by atoms with Crippen LogP contribution in [-0.4, -0.2) is 0 Å². The van der Waals surface area contributed by atoms with E-state index in [9.17, 15) is 0 Å². The molecule has 0 spiro atoms. The third-order valence-electron chi connectivity index (χ3n) is 3.83. The van der Waals surface area contributed by atoms with E-state index in [0.29, 0.717) is 10.0 Å². The first-order valence-electron chi connectivity index (χ1n) is 7.29. The van der Waals surface area contributed by atoms with Gasteiger partial charge in [0, 0.05) is 28.7 Å². The van der Waals surface area contributed by atoms with E-state index in [2.05, 4.69) is 17.0 Å². The lowest BCUT2D eigenvalue weighted by Gasteiger charge is -2.33. The minimum atomic E-state index is 0.647. The minimum absolute atomic E-state index is 0.647. The Labute approximate surface area is 144 Å². The maximum absolute atomic E-state index is 6.12. The number of ether oxygens (including phenoxy) is 1. The predicted molar refractivity (Wildman–Crippen MR) is 95.3 cm³/mol. The van der Waals surface area contributed by atoms with Crippen molar-refractivity contribution in [2.24, 2.45) is 0 Å². The summed E-state index contributed by atoms with van der Waals surface area (Å²) in [6.07, 6.45) is 0. The summed E-state index contributed by atoms with van der Waals surface area (Å²) in [5, 5.41) is 1.29. The number of hydrogen-bond donors (Lipinski definition) is 0. The fourth-order valence-corrected chi connectivity index (χ4v) is 3.09. The molecule has 3 aromatic rings. The molecule has 0 atom stereocenters. The molecular weight excluding hydrogens is 329 g/mol. The molecule has 114 valence electrons. The Hall–Kier alpha value is -2.16. The zero-order valence-electron chi connectivity index (χ0n) is 12.2. The van der Waals surface area contributed by atoms with Crippen LogP contribution >= 0.6 is 23.2 Å². The van der Waals surface area contributed by atoms with E-state index in [1.807, 2.05) is 54.6 Å². The number of fused-ring (bicyclic) bond motifs is 2. The maximum atomic E-state index is 6.12. The van der Waals surface area contributed by atoms with Gasteiger partial charge in [0.05, 0.1) is 11.4 Å². The highest BCUT2D eigenvalue weighted by Gasteiger charge is 2.25. The smallest absolute Gasteiger partial charge is 0.152 e. The number of anilines is 2. The van der Waals surface area contributed by atoms with Gasteiger partial charge < -0.3 is 9.64 Å². The summed E-state index contributed by atoms with van der Waals surface area (Å²) in [7, 11) is 0. The molecule has 0 fully saturated rings. The van der Waals surface area contributed by atoms with Crippen molar-refractivity contribution in [2.45, 2.75) is 6.54 Å². The van der Waals surface area contributed by atoms with Crippen molar-refractivity contribution >= 4 is 34.6 Å². The lowest BCUT2D eigenvalue weighted by Crippen LogP contribution is -2.20. The summed E-state index contributed by atoms with van der Waals surface area (Å²) in [5.74, 6) is 1.48. The molecule has 1 aliphatic rings. The Balaban J connectivity index is 1.83. The average molecular weight is 342 g/mol. The molecule has 0 saturated carbocycles. The molecule has 0 saturated heterocycles. The third-order valence-corrected chi connectivity index (χ3v) is 4.30. The van der Waals surface area contributed by atoms with Gasteiger partial charge in [-0.1, -0.05) is 53.5 Å². The Morgan fingerprint density at radius 1 is 0.739 bits per heavy atom. The molecule has 0 bridgehead atoms. The van der Waals surface area contributed by atoms with Crippen molar-refractivity contribution in [1.82, 2.24) is 0 Å². The average Bonchev–Trinajstić information content (AvgIpc) is 2.55. The van der Waals surface area contributed by atoms with Crippen molar-refractivity contribution in [2.75, 3.05) is 4.90 Å².